The van der Waals surface area contributed by atoms with Crippen LogP contribution in [-0.2, 0) is 13.6 Å². The van der Waals surface area contributed by atoms with Crippen LogP contribution in [0.3, 0.4) is 0 Å². The molecule has 0 saturated carbocycles. The Hall–Kier alpha value is -2.89. The van der Waals surface area contributed by atoms with Gasteiger partial charge in [-0.3, -0.25) is 14.2 Å². The number of hydrogen-bond acceptors (Lipinski definition) is 3. The second-order valence-corrected chi connectivity index (χ2v) is 6.83. The van der Waals surface area contributed by atoms with Crippen LogP contribution >= 0.6 is 0 Å². The lowest BCUT2D eigenvalue weighted by Gasteiger charge is -2.35. The Balaban J connectivity index is 1.57. The molecule has 2 aromatic heterocycles. The third kappa shape index (κ3) is 3.40. The predicted octanol–water partition coefficient (Wildman–Crippen LogP) is 3.03. The minimum absolute atomic E-state index is 0.0622. The Kier molecular flexibility index (Phi) is 4.56. The van der Waals surface area contributed by atoms with E-state index in [1.807, 2.05) is 65.4 Å². The molecule has 1 amide bonds. The maximum absolute atomic E-state index is 13.2. The SMILES string of the molecule is Cn1ccc(C2CCCCN2C(=O)c2cccc(Cn3cccn3)c2)n1. The van der Waals surface area contributed by atoms with Crippen molar-refractivity contribution in [3.8, 4) is 0 Å². The number of hydrogen-bond donors (Lipinski definition) is 0. The molecule has 6 heteroatoms. The van der Waals surface area contributed by atoms with Crippen LogP contribution in [0.2, 0.25) is 0 Å². The molecule has 1 fully saturated rings. The molecule has 0 radical (unpaired) electrons. The van der Waals surface area contributed by atoms with Crippen LogP contribution in [0.4, 0.5) is 0 Å². The zero-order chi connectivity index (χ0) is 17.9. The Labute approximate surface area is 153 Å². The van der Waals surface area contributed by atoms with Gasteiger partial charge in [0.15, 0.2) is 0 Å². The molecule has 0 spiro atoms. The van der Waals surface area contributed by atoms with E-state index in [1.54, 1.807) is 10.9 Å². The average molecular weight is 349 g/mol. The summed E-state index contributed by atoms with van der Waals surface area (Å²) in [4.78, 5) is 15.2. The van der Waals surface area contributed by atoms with Crippen LogP contribution in [0.15, 0.2) is 55.0 Å². The molecule has 6 nitrogen and oxygen atoms in total. The van der Waals surface area contributed by atoms with E-state index in [1.165, 1.54) is 0 Å². The highest BCUT2D eigenvalue weighted by Gasteiger charge is 2.30. The second kappa shape index (κ2) is 7.15. The minimum atomic E-state index is 0.0622. The van der Waals surface area contributed by atoms with Crippen molar-refractivity contribution in [3.63, 3.8) is 0 Å². The van der Waals surface area contributed by atoms with E-state index in [0.717, 1.165) is 42.6 Å². The van der Waals surface area contributed by atoms with Gasteiger partial charge in [0, 0.05) is 37.7 Å². The van der Waals surface area contributed by atoms with Gasteiger partial charge in [-0.05, 0) is 49.1 Å². The number of rotatable bonds is 4. The summed E-state index contributed by atoms with van der Waals surface area (Å²) in [5.74, 6) is 0.0858. The Morgan fingerprint density at radius 3 is 2.88 bits per heavy atom. The highest BCUT2D eigenvalue weighted by Crippen LogP contribution is 2.31. The second-order valence-electron chi connectivity index (χ2n) is 6.83. The number of nitrogens with zero attached hydrogens (tertiary/aromatic N) is 5. The predicted molar refractivity (Wildman–Crippen MR) is 98.6 cm³/mol. The standard InChI is InChI=1S/C20H23N5O/c1-23-13-9-18(22-23)19-8-2-3-12-25(19)20(26)17-7-4-6-16(14-17)15-24-11-5-10-21-24/h4-7,9-11,13-14,19H,2-3,8,12,15H2,1H3. The largest absolute Gasteiger partial charge is 0.330 e. The van der Waals surface area contributed by atoms with Gasteiger partial charge in [0.2, 0.25) is 0 Å². The monoisotopic (exact) mass is 349 g/mol. The van der Waals surface area contributed by atoms with Crippen LogP contribution < -0.4 is 0 Å². The van der Waals surface area contributed by atoms with Crippen LogP contribution in [0.25, 0.3) is 0 Å². The zero-order valence-corrected chi connectivity index (χ0v) is 15.0. The summed E-state index contributed by atoms with van der Waals surface area (Å²) < 4.78 is 3.67. The van der Waals surface area contributed by atoms with E-state index >= 15 is 0 Å². The molecule has 1 aliphatic heterocycles. The molecule has 1 unspecified atom stereocenters. The Morgan fingerprint density at radius 1 is 1.19 bits per heavy atom. The molecule has 1 saturated heterocycles. The van der Waals surface area contributed by atoms with E-state index in [4.69, 9.17) is 0 Å². The van der Waals surface area contributed by atoms with Gasteiger partial charge >= 0.3 is 0 Å². The summed E-state index contributed by atoms with van der Waals surface area (Å²) >= 11 is 0. The number of aromatic nitrogens is 4. The third-order valence-corrected chi connectivity index (χ3v) is 4.92. The summed E-state index contributed by atoms with van der Waals surface area (Å²) in [6, 6.07) is 11.8. The highest BCUT2D eigenvalue weighted by molar-refractivity contribution is 5.94. The van der Waals surface area contributed by atoms with E-state index in [2.05, 4.69) is 10.2 Å². The topological polar surface area (TPSA) is 56.0 Å². The van der Waals surface area contributed by atoms with Crippen molar-refractivity contribution in [1.82, 2.24) is 24.5 Å². The number of likely N-dealkylation sites (tertiary alicyclic amines) is 1. The van der Waals surface area contributed by atoms with Gasteiger partial charge in [-0.2, -0.15) is 10.2 Å². The Bertz CT molecular complexity index is 883. The van der Waals surface area contributed by atoms with Crippen molar-refractivity contribution < 1.29 is 4.79 Å². The summed E-state index contributed by atoms with van der Waals surface area (Å²) in [5.41, 5.74) is 2.79. The van der Waals surface area contributed by atoms with Crippen molar-refractivity contribution in [1.29, 1.82) is 0 Å². The molecule has 3 aromatic rings. The van der Waals surface area contributed by atoms with Crippen LogP contribution in [0.5, 0.6) is 0 Å². The quantitative estimate of drug-likeness (QED) is 0.727. The zero-order valence-electron chi connectivity index (χ0n) is 15.0. The first-order valence-electron chi connectivity index (χ1n) is 9.07. The van der Waals surface area contributed by atoms with E-state index in [9.17, 15) is 4.79 Å². The van der Waals surface area contributed by atoms with Gasteiger partial charge in [0.1, 0.15) is 0 Å². The lowest BCUT2D eigenvalue weighted by Crippen LogP contribution is -2.38. The fourth-order valence-electron chi connectivity index (χ4n) is 3.64. The fraction of sp³-hybridized carbons (Fsp3) is 0.350. The first kappa shape index (κ1) is 16.6. The first-order valence-corrected chi connectivity index (χ1v) is 9.07. The molecule has 3 heterocycles. The summed E-state index contributed by atoms with van der Waals surface area (Å²) in [6.45, 7) is 1.45. The minimum Gasteiger partial charge on any atom is -0.330 e. The fourth-order valence-corrected chi connectivity index (χ4v) is 3.64. The van der Waals surface area contributed by atoms with Gasteiger partial charge in [0.05, 0.1) is 18.3 Å². The van der Waals surface area contributed by atoms with Crippen molar-refractivity contribution in [2.24, 2.45) is 7.05 Å². The molecule has 134 valence electrons. The summed E-state index contributed by atoms with van der Waals surface area (Å²) in [5, 5.41) is 8.78. The van der Waals surface area contributed by atoms with Crippen LogP contribution in [0, 0.1) is 0 Å². The maximum atomic E-state index is 13.2. The van der Waals surface area contributed by atoms with Crippen molar-refractivity contribution in [2.75, 3.05) is 6.54 Å². The van der Waals surface area contributed by atoms with E-state index < -0.39 is 0 Å². The third-order valence-electron chi connectivity index (χ3n) is 4.92. The molecule has 0 N–H and O–H groups in total. The number of aryl methyl sites for hydroxylation is 1. The van der Waals surface area contributed by atoms with Crippen molar-refractivity contribution in [2.45, 2.75) is 31.8 Å². The molecule has 4 rings (SSSR count). The van der Waals surface area contributed by atoms with Gasteiger partial charge in [-0.1, -0.05) is 12.1 Å². The highest BCUT2D eigenvalue weighted by atomic mass is 16.2. The molecule has 1 aromatic carbocycles. The molecule has 0 aliphatic carbocycles. The summed E-state index contributed by atoms with van der Waals surface area (Å²) in [7, 11) is 1.91. The maximum Gasteiger partial charge on any atom is 0.254 e. The van der Waals surface area contributed by atoms with Gasteiger partial charge < -0.3 is 4.90 Å². The lowest BCUT2D eigenvalue weighted by molar-refractivity contribution is 0.0605. The number of carbonyl (C=O) groups excluding carboxylic acids is 1. The van der Waals surface area contributed by atoms with Gasteiger partial charge in [0.25, 0.3) is 5.91 Å². The normalized spacial score (nSPS) is 17.4. The van der Waals surface area contributed by atoms with Crippen LogP contribution in [0.1, 0.15) is 46.9 Å². The van der Waals surface area contributed by atoms with Gasteiger partial charge in [-0.25, -0.2) is 0 Å². The molecule has 26 heavy (non-hydrogen) atoms. The lowest BCUT2D eigenvalue weighted by atomic mass is 9.98. The van der Waals surface area contributed by atoms with E-state index in [-0.39, 0.29) is 11.9 Å². The van der Waals surface area contributed by atoms with E-state index in [0.29, 0.717) is 6.54 Å². The molecule has 1 aliphatic rings. The number of carbonyl (C=O) groups is 1. The average Bonchev–Trinajstić information content (AvgIpc) is 3.33. The van der Waals surface area contributed by atoms with Crippen molar-refractivity contribution in [3.05, 3.63) is 71.8 Å². The molecular formula is C20H23N5O. The van der Waals surface area contributed by atoms with Crippen molar-refractivity contribution >= 4 is 5.91 Å². The smallest absolute Gasteiger partial charge is 0.254 e. The first-order chi connectivity index (χ1) is 12.7. The molecule has 0 bridgehead atoms. The molecule has 1 atom stereocenters. The summed E-state index contributed by atoms with van der Waals surface area (Å²) in [6.07, 6.45) is 8.77. The van der Waals surface area contributed by atoms with Crippen LogP contribution in [-0.4, -0.2) is 36.9 Å². The Morgan fingerprint density at radius 2 is 2.12 bits per heavy atom. The molecular weight excluding hydrogens is 326 g/mol. The number of piperidine rings is 1. The number of benzene rings is 1. The van der Waals surface area contributed by atoms with Gasteiger partial charge in [-0.15, -0.1) is 0 Å². The number of amides is 1.